The van der Waals surface area contributed by atoms with Gasteiger partial charge < -0.3 is 14.6 Å². The number of hydrogen-bond donors (Lipinski definition) is 1. The minimum Gasteiger partial charge on any atom is -0.478 e. The number of carboxylic acids is 1. The molecule has 8 heteroatoms. The number of sulfone groups is 1. The SMILES string of the molecule is COCCOCCS(=O)(=O)c1ccc(F)c(C(=O)O)c1. The summed E-state index contributed by atoms with van der Waals surface area (Å²) in [6.07, 6.45) is 0. The zero-order valence-electron chi connectivity index (χ0n) is 10.8. The maximum absolute atomic E-state index is 13.2. The zero-order valence-corrected chi connectivity index (χ0v) is 11.7. The van der Waals surface area contributed by atoms with E-state index < -0.39 is 27.2 Å². The van der Waals surface area contributed by atoms with Crippen LogP contribution in [0.4, 0.5) is 4.39 Å². The van der Waals surface area contributed by atoms with Crippen molar-refractivity contribution in [2.75, 3.05) is 32.7 Å². The molecule has 0 heterocycles. The van der Waals surface area contributed by atoms with E-state index in [0.29, 0.717) is 6.61 Å². The summed E-state index contributed by atoms with van der Waals surface area (Å²) in [5, 5.41) is 8.76. The number of rotatable bonds is 8. The van der Waals surface area contributed by atoms with Gasteiger partial charge in [0, 0.05) is 7.11 Å². The second-order valence-corrected chi connectivity index (χ2v) is 5.98. The molecule has 0 amide bonds. The van der Waals surface area contributed by atoms with Gasteiger partial charge in [0.25, 0.3) is 0 Å². The highest BCUT2D eigenvalue weighted by molar-refractivity contribution is 7.91. The van der Waals surface area contributed by atoms with E-state index in [1.807, 2.05) is 0 Å². The van der Waals surface area contributed by atoms with Crippen LogP contribution < -0.4 is 0 Å². The Hall–Kier alpha value is -1.51. The van der Waals surface area contributed by atoms with Crippen molar-refractivity contribution in [3.05, 3.63) is 29.6 Å². The maximum atomic E-state index is 13.2. The molecule has 1 rings (SSSR count). The Bertz CT molecular complexity index is 569. The quantitative estimate of drug-likeness (QED) is 0.568. The van der Waals surface area contributed by atoms with Gasteiger partial charge in [0.15, 0.2) is 9.84 Å². The summed E-state index contributed by atoms with van der Waals surface area (Å²) in [5.41, 5.74) is -0.675. The van der Waals surface area contributed by atoms with E-state index in [1.54, 1.807) is 0 Å². The molecular weight excluding hydrogens is 291 g/mol. The first kappa shape index (κ1) is 16.5. The van der Waals surface area contributed by atoms with Gasteiger partial charge in [-0.2, -0.15) is 0 Å². The predicted octanol–water partition coefficient (Wildman–Crippen LogP) is 0.961. The molecule has 0 aliphatic carbocycles. The summed E-state index contributed by atoms with van der Waals surface area (Å²) < 4.78 is 46.8. The molecule has 112 valence electrons. The first-order valence-corrected chi connectivity index (χ1v) is 7.36. The number of methoxy groups -OCH3 is 1. The van der Waals surface area contributed by atoms with Gasteiger partial charge in [0.1, 0.15) is 5.82 Å². The number of carbonyl (C=O) groups is 1. The largest absolute Gasteiger partial charge is 0.478 e. The van der Waals surface area contributed by atoms with E-state index >= 15 is 0 Å². The Morgan fingerprint density at radius 3 is 2.60 bits per heavy atom. The fraction of sp³-hybridized carbons (Fsp3) is 0.417. The highest BCUT2D eigenvalue weighted by atomic mass is 32.2. The smallest absolute Gasteiger partial charge is 0.338 e. The molecule has 0 saturated heterocycles. The molecule has 0 aliphatic rings. The van der Waals surface area contributed by atoms with Crippen LogP contribution in [0.5, 0.6) is 0 Å². The summed E-state index contributed by atoms with van der Waals surface area (Å²) >= 11 is 0. The number of aromatic carboxylic acids is 1. The van der Waals surface area contributed by atoms with Crippen molar-refractivity contribution in [2.24, 2.45) is 0 Å². The lowest BCUT2D eigenvalue weighted by molar-refractivity contribution is 0.0691. The summed E-state index contributed by atoms with van der Waals surface area (Å²) in [5.74, 6) is -2.81. The summed E-state index contributed by atoms with van der Waals surface area (Å²) in [4.78, 5) is 10.5. The van der Waals surface area contributed by atoms with Gasteiger partial charge in [-0.15, -0.1) is 0 Å². The highest BCUT2D eigenvalue weighted by Crippen LogP contribution is 2.16. The second-order valence-electron chi connectivity index (χ2n) is 3.87. The molecule has 1 aromatic carbocycles. The fourth-order valence-electron chi connectivity index (χ4n) is 1.39. The summed E-state index contributed by atoms with van der Waals surface area (Å²) in [7, 11) is -2.22. The fourth-order valence-corrected chi connectivity index (χ4v) is 2.54. The van der Waals surface area contributed by atoms with Crippen molar-refractivity contribution < 1.29 is 32.2 Å². The van der Waals surface area contributed by atoms with E-state index in [1.165, 1.54) is 7.11 Å². The van der Waals surface area contributed by atoms with Crippen LogP contribution in [-0.4, -0.2) is 52.2 Å². The molecular formula is C12H15FO6S. The van der Waals surface area contributed by atoms with Crippen LogP contribution >= 0.6 is 0 Å². The Morgan fingerprint density at radius 2 is 2.00 bits per heavy atom. The number of benzene rings is 1. The molecule has 0 radical (unpaired) electrons. The van der Waals surface area contributed by atoms with Crippen molar-refractivity contribution in [2.45, 2.75) is 4.90 Å². The minimum absolute atomic E-state index is 0.0501. The second kappa shape index (κ2) is 7.32. The van der Waals surface area contributed by atoms with E-state index in [2.05, 4.69) is 0 Å². The Labute approximate surface area is 116 Å². The lowest BCUT2D eigenvalue weighted by Gasteiger charge is -2.07. The molecule has 20 heavy (non-hydrogen) atoms. The number of halogens is 1. The van der Waals surface area contributed by atoms with Gasteiger partial charge in [-0.1, -0.05) is 0 Å². The molecule has 0 unspecified atom stereocenters. The van der Waals surface area contributed by atoms with Crippen LogP contribution in [0.25, 0.3) is 0 Å². The standard InChI is InChI=1S/C12H15FO6S/c1-18-4-5-19-6-7-20(16,17)9-2-3-11(13)10(8-9)12(14)15/h2-3,8H,4-7H2,1H3,(H,14,15). The number of hydrogen-bond acceptors (Lipinski definition) is 5. The third-order valence-electron chi connectivity index (χ3n) is 2.46. The van der Waals surface area contributed by atoms with Crippen molar-refractivity contribution in [3.63, 3.8) is 0 Å². The Kier molecular flexibility index (Phi) is 6.05. The molecule has 0 aromatic heterocycles. The molecule has 6 nitrogen and oxygen atoms in total. The molecule has 1 N–H and O–H groups in total. The van der Waals surface area contributed by atoms with Gasteiger partial charge in [-0.25, -0.2) is 17.6 Å². The van der Waals surface area contributed by atoms with E-state index in [0.717, 1.165) is 18.2 Å². The maximum Gasteiger partial charge on any atom is 0.338 e. The van der Waals surface area contributed by atoms with Gasteiger partial charge >= 0.3 is 5.97 Å². The van der Waals surface area contributed by atoms with Crippen molar-refractivity contribution in [3.8, 4) is 0 Å². The lowest BCUT2D eigenvalue weighted by atomic mass is 10.2. The van der Waals surface area contributed by atoms with Gasteiger partial charge in [0.05, 0.1) is 36.0 Å². The monoisotopic (exact) mass is 306 g/mol. The van der Waals surface area contributed by atoms with E-state index in [-0.39, 0.29) is 23.9 Å². The van der Waals surface area contributed by atoms with Gasteiger partial charge in [0.2, 0.25) is 0 Å². The van der Waals surface area contributed by atoms with Crippen LogP contribution in [-0.2, 0) is 19.3 Å². The molecule has 0 saturated carbocycles. The number of carboxylic acid groups (broad SMARTS) is 1. The molecule has 1 aromatic rings. The number of ether oxygens (including phenoxy) is 2. The molecule has 0 fully saturated rings. The van der Waals surface area contributed by atoms with Crippen molar-refractivity contribution in [1.82, 2.24) is 0 Å². The van der Waals surface area contributed by atoms with Crippen molar-refractivity contribution in [1.29, 1.82) is 0 Å². The first-order valence-electron chi connectivity index (χ1n) is 5.71. The molecule has 0 atom stereocenters. The lowest BCUT2D eigenvalue weighted by Crippen LogP contribution is -2.15. The van der Waals surface area contributed by atoms with Crippen LogP contribution in [0.1, 0.15) is 10.4 Å². The predicted molar refractivity (Wildman–Crippen MR) is 68.1 cm³/mol. The summed E-state index contributed by atoms with van der Waals surface area (Å²) in [6, 6.07) is 2.66. The van der Waals surface area contributed by atoms with E-state index in [4.69, 9.17) is 14.6 Å². The van der Waals surface area contributed by atoms with Crippen LogP contribution in [0.15, 0.2) is 23.1 Å². The average Bonchev–Trinajstić information content (AvgIpc) is 2.38. The average molecular weight is 306 g/mol. The van der Waals surface area contributed by atoms with Gasteiger partial charge in [-0.3, -0.25) is 0 Å². The van der Waals surface area contributed by atoms with Crippen LogP contribution in [0.3, 0.4) is 0 Å². The Morgan fingerprint density at radius 1 is 1.30 bits per heavy atom. The minimum atomic E-state index is -3.72. The molecule has 0 bridgehead atoms. The first-order chi connectivity index (χ1) is 9.38. The summed E-state index contributed by atoms with van der Waals surface area (Å²) in [6.45, 7) is 0.557. The topological polar surface area (TPSA) is 89.9 Å². The normalized spacial score (nSPS) is 11.5. The van der Waals surface area contributed by atoms with Gasteiger partial charge in [-0.05, 0) is 18.2 Å². The third-order valence-corrected chi connectivity index (χ3v) is 4.13. The molecule has 0 aliphatic heterocycles. The van der Waals surface area contributed by atoms with E-state index in [9.17, 15) is 17.6 Å². The third kappa shape index (κ3) is 4.55. The van der Waals surface area contributed by atoms with Crippen LogP contribution in [0, 0.1) is 5.82 Å². The van der Waals surface area contributed by atoms with Crippen molar-refractivity contribution >= 4 is 15.8 Å². The van der Waals surface area contributed by atoms with Crippen LogP contribution in [0.2, 0.25) is 0 Å². The zero-order chi connectivity index (χ0) is 15.2. The molecule has 0 spiro atoms. The highest BCUT2D eigenvalue weighted by Gasteiger charge is 2.19. The Balaban J connectivity index is 2.77.